The van der Waals surface area contributed by atoms with Crippen molar-refractivity contribution in [3.63, 3.8) is 0 Å². The van der Waals surface area contributed by atoms with E-state index in [1.165, 1.54) is 16.0 Å². The van der Waals surface area contributed by atoms with Gasteiger partial charge in [-0.15, -0.1) is 0 Å². The Hall–Kier alpha value is -3.13. The summed E-state index contributed by atoms with van der Waals surface area (Å²) in [5.74, 6) is -0.251. The first-order chi connectivity index (χ1) is 11.7. The number of nitrogens with one attached hydrogen (secondary N) is 1. The monoisotopic (exact) mass is 336 g/mol. The molecule has 0 radical (unpaired) electrons. The number of carbonyl (C=O) groups is 1. The smallest absolute Gasteiger partial charge is 0.275 e. The van der Waals surface area contributed by atoms with Crippen molar-refractivity contribution in [3.05, 3.63) is 54.5 Å². The molecule has 0 unspecified atom stereocenters. The van der Waals surface area contributed by atoms with E-state index in [4.69, 9.17) is 0 Å². The highest BCUT2D eigenvalue weighted by Crippen LogP contribution is 2.27. The van der Waals surface area contributed by atoms with Gasteiger partial charge in [0.05, 0.1) is 11.4 Å². The predicted molar refractivity (Wildman–Crippen MR) is 91.8 cm³/mol. The predicted octanol–water partition coefficient (Wildman–Crippen LogP) is 2.74. The molecule has 4 aromatic heterocycles. The van der Waals surface area contributed by atoms with Crippen LogP contribution in [0.25, 0.3) is 21.7 Å². The van der Waals surface area contributed by atoms with Crippen molar-refractivity contribution in [2.45, 2.75) is 0 Å². The second-order valence-electron chi connectivity index (χ2n) is 5.05. The molecule has 0 atom stereocenters. The lowest BCUT2D eigenvalue weighted by Crippen LogP contribution is -2.15. The third kappa shape index (κ3) is 2.63. The molecule has 0 fully saturated rings. The van der Waals surface area contributed by atoms with Crippen LogP contribution in [0.2, 0.25) is 0 Å². The molecule has 7 nitrogen and oxygen atoms in total. The first-order valence-corrected chi connectivity index (χ1v) is 8.01. The quantitative estimate of drug-likeness (QED) is 0.622. The molecular formula is C16H12N6OS. The van der Waals surface area contributed by atoms with Crippen LogP contribution in [0.3, 0.4) is 0 Å². The molecule has 0 saturated carbocycles. The molecule has 0 aliphatic rings. The van der Waals surface area contributed by atoms with Crippen LogP contribution < -0.4 is 5.32 Å². The summed E-state index contributed by atoms with van der Waals surface area (Å²) in [6, 6.07) is 11.1. The van der Waals surface area contributed by atoms with Crippen LogP contribution >= 0.6 is 11.3 Å². The summed E-state index contributed by atoms with van der Waals surface area (Å²) in [7, 11) is 1.72. The van der Waals surface area contributed by atoms with Gasteiger partial charge in [-0.1, -0.05) is 17.4 Å². The highest BCUT2D eigenvalue weighted by atomic mass is 32.1. The van der Waals surface area contributed by atoms with E-state index in [0.29, 0.717) is 10.8 Å². The molecule has 4 rings (SSSR count). The second kappa shape index (κ2) is 5.82. The van der Waals surface area contributed by atoms with Crippen LogP contribution in [0.4, 0.5) is 5.13 Å². The SMILES string of the molecule is Cn1nccc1C(=O)Nc1nc2ccc(-c3ccccn3)nc2s1. The van der Waals surface area contributed by atoms with Gasteiger partial charge in [0, 0.05) is 19.4 Å². The number of rotatable bonds is 3. The molecule has 1 N–H and O–H groups in total. The molecule has 0 aliphatic heterocycles. The van der Waals surface area contributed by atoms with Gasteiger partial charge < -0.3 is 0 Å². The Morgan fingerprint density at radius 3 is 2.75 bits per heavy atom. The maximum absolute atomic E-state index is 12.2. The maximum atomic E-state index is 12.2. The average Bonchev–Trinajstić information content (AvgIpc) is 3.20. The summed E-state index contributed by atoms with van der Waals surface area (Å²) in [5, 5.41) is 7.27. The topological polar surface area (TPSA) is 85.6 Å². The van der Waals surface area contributed by atoms with E-state index >= 15 is 0 Å². The summed E-state index contributed by atoms with van der Waals surface area (Å²) in [6.07, 6.45) is 3.31. The number of fused-ring (bicyclic) bond motifs is 1. The molecule has 24 heavy (non-hydrogen) atoms. The lowest BCUT2D eigenvalue weighted by Gasteiger charge is -2.00. The van der Waals surface area contributed by atoms with E-state index in [9.17, 15) is 4.79 Å². The summed E-state index contributed by atoms with van der Waals surface area (Å²) in [6.45, 7) is 0. The van der Waals surface area contributed by atoms with Crippen LogP contribution in [-0.2, 0) is 7.05 Å². The average molecular weight is 336 g/mol. The first-order valence-electron chi connectivity index (χ1n) is 7.19. The Balaban J connectivity index is 1.64. The number of anilines is 1. The van der Waals surface area contributed by atoms with Crippen molar-refractivity contribution in [3.8, 4) is 11.4 Å². The van der Waals surface area contributed by atoms with E-state index in [1.807, 2.05) is 30.3 Å². The number of nitrogens with zero attached hydrogens (tertiary/aromatic N) is 5. The number of hydrogen-bond acceptors (Lipinski definition) is 6. The van der Waals surface area contributed by atoms with Crippen LogP contribution in [0, 0.1) is 0 Å². The van der Waals surface area contributed by atoms with Crippen molar-refractivity contribution < 1.29 is 4.79 Å². The minimum atomic E-state index is -0.251. The van der Waals surface area contributed by atoms with Crippen LogP contribution in [0.1, 0.15) is 10.5 Å². The lowest BCUT2D eigenvalue weighted by atomic mass is 10.2. The van der Waals surface area contributed by atoms with Gasteiger partial charge >= 0.3 is 0 Å². The molecular weight excluding hydrogens is 324 g/mol. The number of aromatic nitrogens is 5. The van der Waals surface area contributed by atoms with Crippen LogP contribution in [0.5, 0.6) is 0 Å². The maximum Gasteiger partial charge on any atom is 0.275 e. The van der Waals surface area contributed by atoms with Gasteiger partial charge in [-0.2, -0.15) is 5.10 Å². The minimum Gasteiger partial charge on any atom is -0.296 e. The van der Waals surface area contributed by atoms with Crippen molar-refractivity contribution in [1.82, 2.24) is 24.7 Å². The van der Waals surface area contributed by atoms with Gasteiger partial charge in [-0.25, -0.2) is 9.97 Å². The zero-order valence-corrected chi connectivity index (χ0v) is 13.5. The molecule has 1 amide bonds. The Kier molecular flexibility index (Phi) is 3.51. The number of aryl methyl sites for hydroxylation is 1. The molecule has 118 valence electrons. The van der Waals surface area contributed by atoms with E-state index < -0.39 is 0 Å². The Morgan fingerprint density at radius 2 is 2.00 bits per heavy atom. The Labute approximate surface area is 141 Å². The highest BCUT2D eigenvalue weighted by molar-refractivity contribution is 7.22. The minimum absolute atomic E-state index is 0.251. The number of carbonyl (C=O) groups excluding carboxylic acids is 1. The molecule has 0 bridgehead atoms. The molecule has 0 aliphatic carbocycles. The summed E-state index contributed by atoms with van der Waals surface area (Å²) < 4.78 is 1.51. The summed E-state index contributed by atoms with van der Waals surface area (Å²) in [4.78, 5) is 26.3. The van der Waals surface area contributed by atoms with E-state index in [0.717, 1.165) is 21.7 Å². The van der Waals surface area contributed by atoms with Gasteiger partial charge in [0.2, 0.25) is 0 Å². The normalized spacial score (nSPS) is 10.9. The molecule has 8 heteroatoms. The summed E-state index contributed by atoms with van der Waals surface area (Å²) >= 11 is 1.33. The number of amides is 1. The highest BCUT2D eigenvalue weighted by Gasteiger charge is 2.14. The Bertz CT molecular complexity index is 1020. The lowest BCUT2D eigenvalue weighted by molar-refractivity contribution is 0.101. The molecule has 0 spiro atoms. The number of hydrogen-bond donors (Lipinski definition) is 1. The van der Waals surface area contributed by atoms with Gasteiger partial charge in [0.15, 0.2) is 5.13 Å². The summed E-state index contributed by atoms with van der Waals surface area (Å²) in [5.41, 5.74) is 2.78. The number of pyridine rings is 2. The molecule has 4 aromatic rings. The fourth-order valence-electron chi connectivity index (χ4n) is 2.29. The van der Waals surface area contributed by atoms with Gasteiger partial charge in [0.25, 0.3) is 5.91 Å². The van der Waals surface area contributed by atoms with Crippen LogP contribution in [0.15, 0.2) is 48.8 Å². The van der Waals surface area contributed by atoms with E-state index in [-0.39, 0.29) is 5.91 Å². The fourth-order valence-corrected chi connectivity index (χ4v) is 3.12. The van der Waals surface area contributed by atoms with Crippen molar-refractivity contribution >= 4 is 32.7 Å². The Morgan fingerprint density at radius 1 is 1.08 bits per heavy atom. The van der Waals surface area contributed by atoms with Crippen LogP contribution in [-0.4, -0.2) is 30.6 Å². The van der Waals surface area contributed by atoms with Crippen molar-refractivity contribution in [1.29, 1.82) is 0 Å². The zero-order valence-electron chi connectivity index (χ0n) is 12.7. The fraction of sp³-hybridized carbons (Fsp3) is 0.0625. The second-order valence-corrected chi connectivity index (χ2v) is 6.03. The molecule has 4 heterocycles. The van der Waals surface area contributed by atoms with E-state index in [2.05, 4.69) is 25.4 Å². The van der Waals surface area contributed by atoms with Crippen molar-refractivity contribution in [2.75, 3.05) is 5.32 Å². The third-order valence-corrected chi connectivity index (χ3v) is 4.34. The van der Waals surface area contributed by atoms with Gasteiger partial charge in [0.1, 0.15) is 16.0 Å². The standard InChI is InChI=1S/C16H12N6OS/c1-22-13(7-9-18-22)14(23)21-16-20-12-6-5-11(19-15(12)24-16)10-4-2-3-8-17-10/h2-9H,1H3,(H,20,21,23). The zero-order chi connectivity index (χ0) is 16.5. The van der Waals surface area contributed by atoms with Gasteiger partial charge in [-0.3, -0.25) is 19.8 Å². The van der Waals surface area contributed by atoms with E-state index in [1.54, 1.807) is 25.5 Å². The molecule has 0 aromatic carbocycles. The number of thiazole rings is 1. The largest absolute Gasteiger partial charge is 0.296 e. The molecule has 0 saturated heterocycles. The first kappa shape index (κ1) is 14.5. The third-order valence-electron chi connectivity index (χ3n) is 3.46. The van der Waals surface area contributed by atoms with Gasteiger partial charge in [-0.05, 0) is 30.3 Å². The van der Waals surface area contributed by atoms with Crippen molar-refractivity contribution in [2.24, 2.45) is 7.05 Å².